The molecule has 1 N–H and O–H groups in total. The van der Waals surface area contributed by atoms with Gasteiger partial charge in [-0.15, -0.1) is 0 Å². The number of nitrogens with one attached hydrogen (secondary N) is 1. The maximum absolute atomic E-state index is 12.3. The lowest BCUT2D eigenvalue weighted by Gasteiger charge is -2.39. The van der Waals surface area contributed by atoms with Gasteiger partial charge in [0.15, 0.2) is 15.8 Å². The summed E-state index contributed by atoms with van der Waals surface area (Å²) >= 11 is 3.67. The third-order valence-electron chi connectivity index (χ3n) is 5.51. The second-order valence-corrected chi connectivity index (χ2v) is 11.5. The molecule has 144 valence electrons. The highest BCUT2D eigenvalue weighted by Crippen LogP contribution is 2.50. The molecule has 1 aromatic carbocycles. The van der Waals surface area contributed by atoms with E-state index in [9.17, 15) is 8.42 Å². The van der Waals surface area contributed by atoms with Crippen LogP contribution < -0.4 is 5.32 Å². The van der Waals surface area contributed by atoms with Gasteiger partial charge in [-0.2, -0.15) is 0 Å². The van der Waals surface area contributed by atoms with Gasteiger partial charge in [-0.25, -0.2) is 8.42 Å². The Morgan fingerprint density at radius 1 is 1.31 bits per heavy atom. The standard InChI is InChI=1S/C19H28BrN3O2S/c1-4-21-17(23-11-12-26(24,25)18(2,3)14-23)22-13-19(9-10-19)15-7-5-6-8-16(15)20/h5-8H,4,9-14H2,1-3H3,(H,21,22). The number of hydrogen-bond acceptors (Lipinski definition) is 3. The quantitative estimate of drug-likeness (QED) is 0.576. The second kappa shape index (κ2) is 7.15. The highest BCUT2D eigenvalue weighted by molar-refractivity contribution is 9.10. The number of sulfone groups is 1. The fourth-order valence-electron chi connectivity index (χ4n) is 3.53. The SMILES string of the molecule is CCNC(=NCC1(c2ccccc2Br)CC1)N1CCS(=O)(=O)C(C)(C)C1. The van der Waals surface area contributed by atoms with E-state index in [1.807, 2.05) is 26.8 Å². The van der Waals surface area contributed by atoms with Crippen LogP contribution >= 0.6 is 15.9 Å². The highest BCUT2D eigenvalue weighted by Gasteiger charge is 2.46. The van der Waals surface area contributed by atoms with Crippen LogP contribution in [0.3, 0.4) is 0 Å². The third-order valence-corrected chi connectivity index (χ3v) is 8.73. The van der Waals surface area contributed by atoms with Gasteiger partial charge in [0.2, 0.25) is 0 Å². The minimum Gasteiger partial charge on any atom is -0.357 e. The van der Waals surface area contributed by atoms with Crippen LogP contribution in [0.4, 0.5) is 0 Å². The molecule has 0 radical (unpaired) electrons. The van der Waals surface area contributed by atoms with E-state index in [-0.39, 0.29) is 11.2 Å². The zero-order chi connectivity index (χ0) is 19.0. The molecule has 0 aromatic heterocycles. The van der Waals surface area contributed by atoms with E-state index in [0.717, 1.165) is 36.4 Å². The average molecular weight is 442 g/mol. The molecule has 5 nitrogen and oxygen atoms in total. The second-order valence-electron chi connectivity index (χ2n) is 7.93. The molecule has 0 amide bonds. The van der Waals surface area contributed by atoms with Crippen molar-refractivity contribution in [1.82, 2.24) is 10.2 Å². The summed E-state index contributed by atoms with van der Waals surface area (Å²) in [7, 11) is -3.05. The van der Waals surface area contributed by atoms with Gasteiger partial charge < -0.3 is 10.2 Å². The molecule has 1 aliphatic heterocycles. The fourth-order valence-corrected chi connectivity index (χ4v) is 5.60. The van der Waals surface area contributed by atoms with E-state index in [1.165, 1.54) is 5.56 Å². The third kappa shape index (κ3) is 3.79. The number of rotatable bonds is 4. The summed E-state index contributed by atoms with van der Waals surface area (Å²) in [5.74, 6) is 1.01. The molecule has 1 heterocycles. The summed E-state index contributed by atoms with van der Waals surface area (Å²) in [4.78, 5) is 7.02. The van der Waals surface area contributed by atoms with Crippen LogP contribution in [0, 0.1) is 0 Å². The van der Waals surface area contributed by atoms with Gasteiger partial charge in [-0.1, -0.05) is 34.1 Å². The summed E-state index contributed by atoms with van der Waals surface area (Å²) in [6, 6.07) is 8.37. The fraction of sp³-hybridized carbons (Fsp3) is 0.632. The molecule has 0 spiro atoms. The Kier molecular flexibility index (Phi) is 5.41. The monoisotopic (exact) mass is 441 g/mol. The van der Waals surface area contributed by atoms with E-state index in [1.54, 1.807) is 0 Å². The Hall–Kier alpha value is -1.08. The summed E-state index contributed by atoms with van der Waals surface area (Å²) < 4.78 is 25.0. The van der Waals surface area contributed by atoms with Crippen molar-refractivity contribution >= 4 is 31.7 Å². The van der Waals surface area contributed by atoms with E-state index in [2.05, 4.69) is 44.3 Å². The number of benzene rings is 1. The van der Waals surface area contributed by atoms with Crippen LogP contribution in [0.2, 0.25) is 0 Å². The van der Waals surface area contributed by atoms with Crippen molar-refractivity contribution in [2.24, 2.45) is 4.99 Å². The van der Waals surface area contributed by atoms with E-state index < -0.39 is 14.6 Å². The van der Waals surface area contributed by atoms with Crippen molar-refractivity contribution in [3.8, 4) is 0 Å². The Balaban J connectivity index is 1.80. The van der Waals surface area contributed by atoms with Crippen LogP contribution in [0.5, 0.6) is 0 Å². The molecular weight excluding hydrogens is 414 g/mol. The first-order chi connectivity index (χ1) is 12.2. The predicted octanol–water partition coefficient (Wildman–Crippen LogP) is 2.96. The maximum Gasteiger partial charge on any atom is 0.194 e. The van der Waals surface area contributed by atoms with E-state index in [4.69, 9.17) is 4.99 Å². The number of halogens is 1. The minimum absolute atomic E-state index is 0.109. The summed E-state index contributed by atoms with van der Waals surface area (Å²) in [5.41, 5.74) is 1.43. The predicted molar refractivity (Wildman–Crippen MR) is 110 cm³/mol. The molecule has 0 bridgehead atoms. The lowest BCUT2D eigenvalue weighted by atomic mass is 9.96. The molecule has 7 heteroatoms. The molecule has 2 aliphatic rings. The largest absolute Gasteiger partial charge is 0.357 e. The molecule has 1 aromatic rings. The first-order valence-electron chi connectivity index (χ1n) is 9.21. The van der Waals surface area contributed by atoms with E-state index >= 15 is 0 Å². The lowest BCUT2D eigenvalue weighted by Crippen LogP contribution is -2.57. The summed E-state index contributed by atoms with van der Waals surface area (Å²) in [5, 5.41) is 3.35. The average Bonchev–Trinajstić information content (AvgIpc) is 3.35. The highest BCUT2D eigenvalue weighted by atomic mass is 79.9. The van der Waals surface area contributed by atoms with Crippen molar-refractivity contribution < 1.29 is 8.42 Å². The molecule has 3 rings (SSSR count). The van der Waals surface area contributed by atoms with Crippen LogP contribution in [0.1, 0.15) is 39.2 Å². The molecule has 0 atom stereocenters. The van der Waals surface area contributed by atoms with Gasteiger partial charge >= 0.3 is 0 Å². The number of hydrogen-bond donors (Lipinski definition) is 1. The van der Waals surface area contributed by atoms with Gasteiger partial charge in [-0.05, 0) is 45.2 Å². The molecule has 2 fully saturated rings. The Labute approximate surface area is 165 Å². The topological polar surface area (TPSA) is 61.8 Å². The van der Waals surface area contributed by atoms with Crippen LogP contribution in [-0.2, 0) is 15.3 Å². The van der Waals surface area contributed by atoms with Crippen molar-refractivity contribution in [2.45, 2.75) is 43.8 Å². The minimum atomic E-state index is -3.05. The molecule has 1 saturated carbocycles. The maximum atomic E-state index is 12.3. The van der Waals surface area contributed by atoms with Crippen LogP contribution in [-0.4, -0.2) is 56.0 Å². The Morgan fingerprint density at radius 2 is 2.00 bits per heavy atom. The van der Waals surface area contributed by atoms with Crippen LogP contribution in [0.25, 0.3) is 0 Å². The molecular formula is C19H28BrN3O2S. The Morgan fingerprint density at radius 3 is 2.58 bits per heavy atom. The van der Waals surface area contributed by atoms with Crippen LogP contribution in [0.15, 0.2) is 33.7 Å². The zero-order valence-corrected chi connectivity index (χ0v) is 18.2. The molecule has 0 unspecified atom stereocenters. The molecule has 26 heavy (non-hydrogen) atoms. The molecule has 1 aliphatic carbocycles. The smallest absolute Gasteiger partial charge is 0.194 e. The lowest BCUT2D eigenvalue weighted by molar-refractivity contribution is 0.353. The normalized spacial score (nSPS) is 23.5. The first-order valence-corrected chi connectivity index (χ1v) is 11.7. The van der Waals surface area contributed by atoms with Gasteiger partial charge in [0.1, 0.15) is 0 Å². The van der Waals surface area contributed by atoms with Crippen molar-refractivity contribution in [1.29, 1.82) is 0 Å². The first kappa shape index (κ1) is 19.7. The molecule has 1 saturated heterocycles. The summed E-state index contributed by atoms with van der Waals surface area (Å²) in [6.45, 7) is 8.13. The van der Waals surface area contributed by atoms with Gasteiger partial charge in [-0.3, -0.25) is 4.99 Å². The van der Waals surface area contributed by atoms with Gasteiger partial charge in [0.05, 0.1) is 17.0 Å². The Bertz CT molecular complexity index is 801. The number of nitrogens with zero attached hydrogens (tertiary/aromatic N) is 2. The van der Waals surface area contributed by atoms with Gasteiger partial charge in [0.25, 0.3) is 0 Å². The van der Waals surface area contributed by atoms with Crippen molar-refractivity contribution in [2.75, 3.05) is 31.9 Å². The number of aliphatic imine (C=N–C) groups is 1. The zero-order valence-electron chi connectivity index (χ0n) is 15.8. The van der Waals surface area contributed by atoms with Gasteiger partial charge in [0, 0.05) is 29.5 Å². The summed E-state index contributed by atoms with van der Waals surface area (Å²) in [6.07, 6.45) is 2.27. The number of guanidine groups is 1. The van der Waals surface area contributed by atoms with Crippen molar-refractivity contribution in [3.05, 3.63) is 34.3 Å². The van der Waals surface area contributed by atoms with E-state index in [0.29, 0.717) is 13.1 Å². The van der Waals surface area contributed by atoms with Crippen molar-refractivity contribution in [3.63, 3.8) is 0 Å².